The van der Waals surface area contributed by atoms with Crippen LogP contribution in [-0.4, -0.2) is 28.0 Å². The highest BCUT2D eigenvalue weighted by molar-refractivity contribution is 5.37. The Morgan fingerprint density at radius 2 is 2.03 bits per heavy atom. The number of hydrogen-bond acceptors (Lipinski definition) is 3. The molecule has 2 aromatic rings. The normalized spacial score (nSPS) is 37.5. The molecule has 2 fully saturated rings. The van der Waals surface area contributed by atoms with E-state index < -0.39 is 0 Å². The highest BCUT2D eigenvalue weighted by Gasteiger charge is 2.56. The summed E-state index contributed by atoms with van der Waals surface area (Å²) in [6.45, 7) is 10.2. The number of aromatic nitrogens is 2. The minimum atomic E-state index is 0.0371. The summed E-state index contributed by atoms with van der Waals surface area (Å²) >= 11 is 0. The molecule has 2 saturated carbocycles. The second-order valence-corrected chi connectivity index (χ2v) is 10.8. The fourth-order valence-electron chi connectivity index (χ4n) is 7.58. The third-order valence-electron chi connectivity index (χ3n) is 9.58. The first-order valence-electron chi connectivity index (χ1n) is 11.9. The molecule has 0 unspecified atom stereocenters. The van der Waals surface area contributed by atoms with Crippen molar-refractivity contribution < 1.29 is 5.11 Å². The van der Waals surface area contributed by atoms with E-state index in [1.54, 1.807) is 0 Å². The summed E-state index contributed by atoms with van der Waals surface area (Å²) in [4.78, 5) is 0. The van der Waals surface area contributed by atoms with Gasteiger partial charge in [0.05, 0.1) is 11.9 Å². The van der Waals surface area contributed by atoms with Crippen LogP contribution in [0.2, 0.25) is 0 Å². The Morgan fingerprint density at radius 1 is 1.26 bits per heavy atom. The molecule has 5 rings (SSSR count). The van der Waals surface area contributed by atoms with Gasteiger partial charge in [0.15, 0.2) is 0 Å². The number of aliphatic hydroxyl groups is 1. The Morgan fingerprint density at radius 3 is 2.74 bits per heavy atom. The van der Waals surface area contributed by atoms with Crippen LogP contribution in [0.1, 0.15) is 50.8 Å². The average molecular weight is 419 g/mol. The first kappa shape index (κ1) is 21.0. The van der Waals surface area contributed by atoms with Crippen LogP contribution in [0.25, 0.3) is 5.69 Å². The fourth-order valence-corrected chi connectivity index (χ4v) is 7.58. The van der Waals surface area contributed by atoms with Crippen molar-refractivity contribution in [3.63, 3.8) is 0 Å². The second kappa shape index (κ2) is 7.60. The quantitative estimate of drug-likeness (QED) is 0.726. The molecule has 4 nitrogen and oxygen atoms in total. The average Bonchev–Trinajstić information content (AvgIpc) is 3.32. The molecule has 6 atom stereocenters. The number of rotatable bonds is 4. The summed E-state index contributed by atoms with van der Waals surface area (Å²) in [5, 5.41) is 15.3. The van der Waals surface area contributed by atoms with Crippen LogP contribution in [0.5, 0.6) is 0 Å². The van der Waals surface area contributed by atoms with E-state index in [1.807, 2.05) is 12.1 Å². The molecule has 4 heteroatoms. The summed E-state index contributed by atoms with van der Waals surface area (Å²) in [6, 6.07) is 11.0. The molecule has 31 heavy (non-hydrogen) atoms. The van der Waals surface area contributed by atoms with Gasteiger partial charge in [-0.25, -0.2) is 4.68 Å². The summed E-state index contributed by atoms with van der Waals surface area (Å²) in [5.74, 6) is 1.88. The number of hydrogen-bond donors (Lipinski definition) is 2. The lowest BCUT2D eigenvalue weighted by Crippen LogP contribution is -2.53. The molecule has 3 aliphatic rings. The zero-order chi connectivity index (χ0) is 21.8. The Bertz CT molecular complexity index is 966. The molecule has 1 aromatic heterocycles. The molecule has 0 amide bonds. The maximum Gasteiger partial charge on any atom is 0.0649 e. The van der Waals surface area contributed by atoms with E-state index >= 15 is 0 Å². The minimum absolute atomic E-state index is 0.0371. The first-order chi connectivity index (χ1) is 14.9. The van der Waals surface area contributed by atoms with E-state index in [4.69, 9.17) is 10.8 Å². The largest absolute Gasteiger partial charge is 0.396 e. The molecule has 0 bridgehead atoms. The zero-order valence-corrected chi connectivity index (χ0v) is 19.0. The molecule has 1 aromatic carbocycles. The fraction of sp³-hybridized carbons (Fsp3) is 0.593. The molecule has 165 valence electrons. The maximum absolute atomic E-state index is 10.5. The van der Waals surface area contributed by atoms with Crippen molar-refractivity contribution in [2.45, 2.75) is 52.4 Å². The van der Waals surface area contributed by atoms with Crippen LogP contribution in [0, 0.1) is 40.6 Å². The van der Waals surface area contributed by atoms with E-state index in [2.05, 4.69) is 49.5 Å². The third-order valence-corrected chi connectivity index (χ3v) is 9.58. The van der Waals surface area contributed by atoms with Gasteiger partial charge in [-0.1, -0.05) is 38.1 Å². The molecule has 0 aliphatic heterocycles. The van der Waals surface area contributed by atoms with Gasteiger partial charge in [-0.05, 0) is 103 Å². The molecular weight excluding hydrogens is 382 g/mol. The lowest BCUT2D eigenvalue weighted by molar-refractivity contribution is -0.0537. The van der Waals surface area contributed by atoms with E-state index in [1.165, 1.54) is 36.1 Å². The SMILES string of the molecule is C=C1CC[C@H]2[C@H](CN)[C@@H]([C@@]3(C)Cc4cnn(-c5cc[c]cc5)c4C[C@@H]3CO)CC[C@]12C. The molecule has 1 radical (unpaired) electrons. The van der Waals surface area contributed by atoms with Gasteiger partial charge in [0.25, 0.3) is 0 Å². The van der Waals surface area contributed by atoms with Gasteiger partial charge in [0.2, 0.25) is 0 Å². The summed E-state index contributed by atoms with van der Waals surface area (Å²) in [5.41, 5.74) is 11.8. The first-order valence-corrected chi connectivity index (χ1v) is 11.9. The van der Waals surface area contributed by atoms with E-state index in [0.717, 1.165) is 31.5 Å². The second-order valence-electron chi connectivity index (χ2n) is 10.8. The van der Waals surface area contributed by atoms with Gasteiger partial charge in [-0.3, -0.25) is 0 Å². The molecule has 3 N–H and O–H groups in total. The highest BCUT2D eigenvalue weighted by atomic mass is 16.3. The van der Waals surface area contributed by atoms with Gasteiger partial charge < -0.3 is 10.8 Å². The number of benzene rings is 1. The number of allylic oxidation sites excluding steroid dienone is 1. The Balaban J connectivity index is 1.50. The number of nitrogens with zero attached hydrogens (tertiary/aromatic N) is 2. The van der Waals surface area contributed by atoms with Gasteiger partial charge in [-0.2, -0.15) is 5.10 Å². The lowest BCUT2D eigenvalue weighted by Gasteiger charge is -2.55. The van der Waals surface area contributed by atoms with Crippen LogP contribution in [0.3, 0.4) is 0 Å². The van der Waals surface area contributed by atoms with Crippen LogP contribution in [0.4, 0.5) is 0 Å². The lowest BCUT2D eigenvalue weighted by atomic mass is 9.49. The van der Waals surface area contributed by atoms with Crippen molar-refractivity contribution in [2.24, 2.45) is 40.2 Å². The summed E-state index contributed by atoms with van der Waals surface area (Å²) < 4.78 is 2.06. The number of aliphatic hydroxyl groups excluding tert-OH is 1. The van der Waals surface area contributed by atoms with Gasteiger partial charge in [0, 0.05) is 12.3 Å². The number of fused-ring (bicyclic) bond motifs is 2. The van der Waals surface area contributed by atoms with Crippen molar-refractivity contribution in [1.82, 2.24) is 9.78 Å². The van der Waals surface area contributed by atoms with Crippen molar-refractivity contribution in [3.05, 3.63) is 59.9 Å². The standard InChI is InChI=1S/C27H36N3O/c1-18-9-10-23-22(15-28)24(11-12-26(18,23)2)27(3)14-19-16-29-30(21-7-5-4-6-8-21)25(19)13-20(27)17-31/h5-8,16,20,22-24,31H,1,9-15,17,28H2,2-3H3/t20-,22+,23+,24+,26-,27+/m1/s1. The van der Waals surface area contributed by atoms with Crippen LogP contribution >= 0.6 is 0 Å². The Kier molecular flexibility index (Phi) is 5.14. The highest BCUT2D eigenvalue weighted by Crippen LogP contribution is 2.62. The molecular formula is C27H36N3O. The van der Waals surface area contributed by atoms with Gasteiger partial charge in [0.1, 0.15) is 0 Å². The van der Waals surface area contributed by atoms with Crippen molar-refractivity contribution >= 4 is 0 Å². The molecule has 1 heterocycles. The van der Waals surface area contributed by atoms with E-state index in [-0.39, 0.29) is 23.4 Å². The molecule has 0 spiro atoms. The summed E-state index contributed by atoms with van der Waals surface area (Å²) in [6.07, 6.45) is 8.65. The predicted molar refractivity (Wildman–Crippen MR) is 124 cm³/mol. The monoisotopic (exact) mass is 418 g/mol. The van der Waals surface area contributed by atoms with E-state index in [0.29, 0.717) is 17.8 Å². The van der Waals surface area contributed by atoms with Crippen molar-refractivity contribution in [3.8, 4) is 5.69 Å². The van der Waals surface area contributed by atoms with Gasteiger partial charge in [-0.15, -0.1) is 0 Å². The Hall–Kier alpha value is -1.91. The van der Waals surface area contributed by atoms with Crippen LogP contribution in [-0.2, 0) is 12.8 Å². The minimum Gasteiger partial charge on any atom is -0.396 e. The summed E-state index contributed by atoms with van der Waals surface area (Å²) in [7, 11) is 0. The Labute approximate surface area is 186 Å². The van der Waals surface area contributed by atoms with Crippen LogP contribution < -0.4 is 5.73 Å². The molecule has 3 aliphatic carbocycles. The van der Waals surface area contributed by atoms with Crippen molar-refractivity contribution in [2.75, 3.05) is 13.2 Å². The number of nitrogens with two attached hydrogens (primary N) is 1. The van der Waals surface area contributed by atoms with Crippen LogP contribution in [0.15, 0.2) is 42.6 Å². The smallest absolute Gasteiger partial charge is 0.0649 e. The topological polar surface area (TPSA) is 64.1 Å². The maximum atomic E-state index is 10.5. The van der Waals surface area contributed by atoms with Gasteiger partial charge >= 0.3 is 0 Å². The third kappa shape index (κ3) is 3.06. The van der Waals surface area contributed by atoms with Crippen molar-refractivity contribution in [1.29, 1.82) is 0 Å². The molecule has 0 saturated heterocycles. The zero-order valence-electron chi connectivity index (χ0n) is 19.0. The van der Waals surface area contributed by atoms with E-state index in [9.17, 15) is 5.11 Å². The predicted octanol–water partition coefficient (Wildman–Crippen LogP) is 4.34.